The van der Waals surface area contributed by atoms with Crippen LogP contribution in [0.1, 0.15) is 59.3 Å². The van der Waals surface area contributed by atoms with Gasteiger partial charge in [0.15, 0.2) is 0 Å². The summed E-state index contributed by atoms with van der Waals surface area (Å²) in [4.78, 5) is 12.4. The molecule has 2 aliphatic carbocycles. The third-order valence-corrected chi connectivity index (χ3v) is 6.89. The van der Waals surface area contributed by atoms with E-state index in [0.29, 0.717) is 12.5 Å². The van der Waals surface area contributed by atoms with Crippen LogP contribution in [0.2, 0.25) is 0 Å². The van der Waals surface area contributed by atoms with Crippen LogP contribution >= 0.6 is 0 Å². The summed E-state index contributed by atoms with van der Waals surface area (Å²) in [6, 6.07) is 0. The van der Waals surface area contributed by atoms with Crippen molar-refractivity contribution in [2.75, 3.05) is 13.1 Å². The highest BCUT2D eigenvalue weighted by Crippen LogP contribution is 2.55. The van der Waals surface area contributed by atoms with Crippen molar-refractivity contribution in [1.29, 1.82) is 0 Å². The highest BCUT2D eigenvalue weighted by molar-refractivity contribution is 5.76. The Morgan fingerprint density at radius 1 is 1.42 bits per heavy atom. The minimum absolute atomic E-state index is 0.0705. The Labute approximate surface area is 146 Å². The number of allylic oxidation sites excluding steroid dienone is 1. The predicted molar refractivity (Wildman–Crippen MR) is 94.5 cm³/mol. The number of aliphatic hydroxyl groups excluding tert-OH is 1. The molecule has 0 aromatic rings. The van der Waals surface area contributed by atoms with Gasteiger partial charge in [-0.3, -0.25) is 4.79 Å². The van der Waals surface area contributed by atoms with Gasteiger partial charge in [-0.25, -0.2) is 0 Å². The summed E-state index contributed by atoms with van der Waals surface area (Å²) in [6.07, 6.45) is 8.19. The molecule has 2 N–H and O–H groups in total. The van der Waals surface area contributed by atoms with E-state index in [2.05, 4.69) is 32.2 Å². The van der Waals surface area contributed by atoms with Gasteiger partial charge in [-0.05, 0) is 31.7 Å². The highest BCUT2D eigenvalue weighted by Gasteiger charge is 2.59. The number of esters is 1. The Morgan fingerprint density at radius 2 is 2.21 bits per heavy atom. The summed E-state index contributed by atoms with van der Waals surface area (Å²) in [5.41, 5.74) is 1.10. The largest absolute Gasteiger partial charge is 0.461 e. The number of hydrogen-bond donors (Lipinski definition) is 2. The SMILES string of the molecule is CCCCCNC[C@@H]1C(=O)O[C@H]2CC3=CCC[C@H](C)[C@]3(C)[C@@H](O)[C@@H]21. The molecule has 0 aromatic carbocycles. The van der Waals surface area contributed by atoms with Crippen molar-refractivity contribution in [3.63, 3.8) is 0 Å². The normalized spacial score (nSPS) is 41.4. The maximum atomic E-state index is 12.4. The quantitative estimate of drug-likeness (QED) is 0.445. The van der Waals surface area contributed by atoms with Crippen LogP contribution in [-0.4, -0.2) is 36.4 Å². The van der Waals surface area contributed by atoms with Gasteiger partial charge in [0.1, 0.15) is 6.10 Å². The lowest BCUT2D eigenvalue weighted by Crippen LogP contribution is -2.54. The van der Waals surface area contributed by atoms with Crippen molar-refractivity contribution in [3.8, 4) is 0 Å². The molecule has 1 aliphatic heterocycles. The number of carbonyl (C=O) groups excluding carboxylic acids is 1. The second-order valence-corrected chi connectivity index (χ2v) is 8.21. The number of hydrogen-bond acceptors (Lipinski definition) is 4. The van der Waals surface area contributed by atoms with E-state index in [-0.39, 0.29) is 29.3 Å². The van der Waals surface area contributed by atoms with Crippen LogP contribution in [0.4, 0.5) is 0 Å². The van der Waals surface area contributed by atoms with E-state index in [4.69, 9.17) is 4.74 Å². The molecule has 1 saturated heterocycles. The molecule has 3 aliphatic rings. The molecular formula is C20H33NO3. The monoisotopic (exact) mass is 335 g/mol. The standard InChI is InChI=1S/C20H33NO3/c1-4-5-6-10-21-12-15-17-16(24-19(15)23)11-14-9-7-8-13(2)20(14,3)18(17)22/h9,13,15-18,21-22H,4-8,10-12H2,1-3H3/t13-,15-,16-,17+,18-,20-/m0/s1. The Hall–Kier alpha value is -0.870. The molecule has 24 heavy (non-hydrogen) atoms. The van der Waals surface area contributed by atoms with Crippen molar-refractivity contribution >= 4 is 5.97 Å². The molecule has 4 heteroatoms. The van der Waals surface area contributed by atoms with Crippen LogP contribution in [0, 0.1) is 23.2 Å². The molecule has 1 heterocycles. The van der Waals surface area contributed by atoms with Crippen LogP contribution < -0.4 is 5.32 Å². The van der Waals surface area contributed by atoms with Gasteiger partial charge in [-0.15, -0.1) is 0 Å². The maximum absolute atomic E-state index is 12.4. The molecule has 4 nitrogen and oxygen atoms in total. The van der Waals surface area contributed by atoms with Gasteiger partial charge in [-0.2, -0.15) is 0 Å². The highest BCUT2D eigenvalue weighted by atomic mass is 16.6. The first kappa shape index (κ1) is 17.9. The van der Waals surface area contributed by atoms with Gasteiger partial charge in [-0.1, -0.05) is 45.3 Å². The second-order valence-electron chi connectivity index (χ2n) is 8.21. The van der Waals surface area contributed by atoms with Crippen molar-refractivity contribution in [3.05, 3.63) is 11.6 Å². The first-order chi connectivity index (χ1) is 11.5. The predicted octanol–water partition coefficient (Wildman–Crippen LogP) is 3.05. The fourth-order valence-corrected chi connectivity index (χ4v) is 5.05. The summed E-state index contributed by atoms with van der Waals surface area (Å²) in [7, 11) is 0. The minimum atomic E-state index is -0.494. The third kappa shape index (κ3) is 2.92. The average Bonchev–Trinajstić information content (AvgIpc) is 2.86. The van der Waals surface area contributed by atoms with Crippen molar-refractivity contribution < 1.29 is 14.6 Å². The van der Waals surface area contributed by atoms with Gasteiger partial charge in [0.05, 0.1) is 12.0 Å². The van der Waals surface area contributed by atoms with Crippen molar-refractivity contribution in [2.45, 2.75) is 71.5 Å². The Bertz CT molecular complexity index is 503. The molecule has 0 bridgehead atoms. The first-order valence-corrected chi connectivity index (χ1v) is 9.78. The molecule has 0 aromatic heterocycles. The average molecular weight is 335 g/mol. The number of unbranched alkanes of at least 4 members (excludes halogenated alkanes) is 2. The Kier molecular flexibility index (Phi) is 5.36. The van der Waals surface area contributed by atoms with Gasteiger partial charge in [0, 0.05) is 24.3 Å². The fraction of sp³-hybridized carbons (Fsp3) is 0.850. The summed E-state index contributed by atoms with van der Waals surface area (Å²) in [5.74, 6) is 0.0443. The summed E-state index contributed by atoms with van der Waals surface area (Å²) >= 11 is 0. The summed E-state index contributed by atoms with van der Waals surface area (Å²) < 4.78 is 5.68. The van der Waals surface area contributed by atoms with Gasteiger partial charge < -0.3 is 15.2 Å². The maximum Gasteiger partial charge on any atom is 0.311 e. The van der Waals surface area contributed by atoms with Crippen LogP contribution in [0.5, 0.6) is 0 Å². The van der Waals surface area contributed by atoms with Crippen molar-refractivity contribution in [2.24, 2.45) is 23.2 Å². The zero-order valence-corrected chi connectivity index (χ0v) is 15.4. The topological polar surface area (TPSA) is 58.6 Å². The van der Waals surface area contributed by atoms with E-state index in [1.54, 1.807) is 0 Å². The Balaban J connectivity index is 1.72. The zero-order chi connectivity index (χ0) is 17.3. The first-order valence-electron chi connectivity index (χ1n) is 9.78. The summed E-state index contributed by atoms with van der Waals surface area (Å²) in [6.45, 7) is 8.19. The van der Waals surface area contributed by atoms with E-state index >= 15 is 0 Å². The molecule has 0 unspecified atom stereocenters. The van der Waals surface area contributed by atoms with E-state index < -0.39 is 6.10 Å². The number of ether oxygens (including phenoxy) is 1. The van der Waals surface area contributed by atoms with Crippen molar-refractivity contribution in [1.82, 2.24) is 5.32 Å². The molecule has 0 amide bonds. The number of aliphatic hydroxyl groups is 1. The minimum Gasteiger partial charge on any atom is -0.461 e. The van der Waals surface area contributed by atoms with E-state index in [1.807, 2.05) is 0 Å². The third-order valence-electron chi connectivity index (χ3n) is 6.89. The molecule has 0 radical (unpaired) electrons. The molecular weight excluding hydrogens is 302 g/mol. The van der Waals surface area contributed by atoms with Crippen LogP contribution in [-0.2, 0) is 9.53 Å². The number of fused-ring (bicyclic) bond motifs is 2. The molecule has 6 atom stereocenters. The summed E-state index contributed by atoms with van der Waals surface area (Å²) in [5, 5.41) is 14.6. The fourth-order valence-electron chi connectivity index (χ4n) is 5.05. The Morgan fingerprint density at radius 3 is 2.96 bits per heavy atom. The number of carbonyl (C=O) groups is 1. The van der Waals surface area contributed by atoms with Gasteiger partial charge in [0.2, 0.25) is 0 Å². The van der Waals surface area contributed by atoms with E-state index in [9.17, 15) is 9.90 Å². The van der Waals surface area contributed by atoms with E-state index in [1.165, 1.54) is 18.4 Å². The smallest absolute Gasteiger partial charge is 0.311 e. The zero-order valence-electron chi connectivity index (χ0n) is 15.4. The molecule has 3 rings (SSSR count). The van der Waals surface area contributed by atoms with Crippen LogP contribution in [0.15, 0.2) is 11.6 Å². The molecule has 2 fully saturated rings. The second kappa shape index (κ2) is 7.17. The molecule has 0 spiro atoms. The van der Waals surface area contributed by atoms with Crippen LogP contribution in [0.25, 0.3) is 0 Å². The lowest BCUT2D eigenvalue weighted by Gasteiger charge is -2.51. The van der Waals surface area contributed by atoms with Crippen LogP contribution in [0.3, 0.4) is 0 Å². The lowest BCUT2D eigenvalue weighted by molar-refractivity contribution is -0.144. The van der Waals surface area contributed by atoms with Gasteiger partial charge in [0.25, 0.3) is 0 Å². The lowest BCUT2D eigenvalue weighted by atomic mass is 9.55. The number of rotatable bonds is 6. The number of nitrogens with one attached hydrogen (secondary N) is 1. The molecule has 136 valence electrons. The van der Waals surface area contributed by atoms with Gasteiger partial charge >= 0.3 is 5.97 Å². The van der Waals surface area contributed by atoms with E-state index in [0.717, 1.165) is 32.2 Å². The molecule has 1 saturated carbocycles.